The van der Waals surface area contributed by atoms with Gasteiger partial charge in [0.1, 0.15) is 5.52 Å². The quantitative estimate of drug-likeness (QED) is 0.918. The summed E-state index contributed by atoms with van der Waals surface area (Å²) in [5.74, 6) is -0.0696. The topological polar surface area (TPSA) is 59.8 Å². The number of rotatable bonds is 4. The van der Waals surface area contributed by atoms with Crippen molar-refractivity contribution in [1.82, 2.24) is 20.3 Å². The maximum atomic E-state index is 12.2. The molecule has 0 atom stereocenters. The molecule has 1 heterocycles. The average Bonchev–Trinajstić information content (AvgIpc) is 2.80. The summed E-state index contributed by atoms with van der Waals surface area (Å²) in [7, 11) is 0. The molecule has 0 unspecified atom stereocenters. The van der Waals surface area contributed by atoms with E-state index in [1.807, 2.05) is 37.6 Å². The third-order valence-corrected chi connectivity index (χ3v) is 3.41. The summed E-state index contributed by atoms with van der Waals surface area (Å²) in [5.41, 5.74) is 2.13. The van der Waals surface area contributed by atoms with Crippen molar-refractivity contribution in [3.8, 4) is 0 Å². The molecule has 1 N–H and O–H groups in total. The largest absolute Gasteiger partial charge is 0.347 e. The number of nitrogens with one attached hydrogen (secondary N) is 1. The zero-order valence-corrected chi connectivity index (χ0v) is 11.9. The highest BCUT2D eigenvalue weighted by atomic mass is 16.1. The lowest BCUT2D eigenvalue weighted by Gasteiger charge is -2.24. The van der Waals surface area contributed by atoms with Crippen molar-refractivity contribution in [2.45, 2.75) is 46.2 Å². The monoisotopic (exact) mass is 260 g/mol. The molecule has 19 heavy (non-hydrogen) atoms. The highest BCUT2D eigenvalue weighted by Gasteiger charge is 2.19. The molecule has 1 aromatic carbocycles. The molecule has 0 radical (unpaired) electrons. The number of carbonyl (C=O) groups excluding carboxylic acids is 1. The standard InChI is InChI=1S/C14H20N4O/c1-5-14(3,4)15-13(19)10-7-8-12-11(9-10)16-17-18(12)6-2/h7-9H,5-6H2,1-4H3,(H,15,19). The molecule has 2 rings (SSSR count). The number of carbonyl (C=O) groups is 1. The molecular formula is C14H20N4O. The molecule has 0 spiro atoms. The maximum absolute atomic E-state index is 12.2. The molecule has 0 aliphatic rings. The lowest BCUT2D eigenvalue weighted by Crippen LogP contribution is -2.42. The zero-order chi connectivity index (χ0) is 14.0. The highest BCUT2D eigenvalue weighted by Crippen LogP contribution is 2.15. The van der Waals surface area contributed by atoms with Gasteiger partial charge < -0.3 is 5.32 Å². The molecule has 0 aliphatic heterocycles. The van der Waals surface area contributed by atoms with Crippen LogP contribution < -0.4 is 5.32 Å². The van der Waals surface area contributed by atoms with Gasteiger partial charge in [-0.05, 0) is 45.4 Å². The van der Waals surface area contributed by atoms with Gasteiger partial charge in [0.2, 0.25) is 0 Å². The Morgan fingerprint density at radius 1 is 1.37 bits per heavy atom. The van der Waals surface area contributed by atoms with E-state index in [2.05, 4.69) is 22.6 Å². The summed E-state index contributed by atoms with van der Waals surface area (Å²) in [6, 6.07) is 5.50. The minimum atomic E-state index is -0.201. The zero-order valence-electron chi connectivity index (χ0n) is 11.9. The Bertz CT molecular complexity index is 601. The lowest BCUT2D eigenvalue weighted by molar-refractivity contribution is 0.0911. The average molecular weight is 260 g/mol. The van der Waals surface area contributed by atoms with Crippen LogP contribution in [0.4, 0.5) is 0 Å². The van der Waals surface area contributed by atoms with Crippen molar-refractivity contribution in [2.24, 2.45) is 0 Å². The summed E-state index contributed by atoms with van der Waals surface area (Å²) >= 11 is 0. The predicted octanol–water partition coefficient (Wildman–Crippen LogP) is 2.37. The maximum Gasteiger partial charge on any atom is 0.251 e. The summed E-state index contributed by atoms with van der Waals surface area (Å²) in [6.45, 7) is 8.85. The number of nitrogens with zero attached hydrogens (tertiary/aromatic N) is 3. The molecule has 0 fully saturated rings. The molecule has 0 bridgehead atoms. The first-order chi connectivity index (χ1) is 8.96. The van der Waals surface area contributed by atoms with E-state index in [4.69, 9.17) is 0 Å². The van der Waals surface area contributed by atoms with Crippen LogP contribution in [-0.2, 0) is 6.54 Å². The molecule has 5 heteroatoms. The van der Waals surface area contributed by atoms with Gasteiger partial charge in [-0.1, -0.05) is 12.1 Å². The lowest BCUT2D eigenvalue weighted by atomic mass is 10.0. The minimum Gasteiger partial charge on any atom is -0.347 e. The van der Waals surface area contributed by atoms with Crippen molar-refractivity contribution in [3.05, 3.63) is 23.8 Å². The number of amides is 1. The van der Waals surface area contributed by atoms with E-state index < -0.39 is 0 Å². The Kier molecular flexibility index (Phi) is 3.55. The van der Waals surface area contributed by atoms with Crippen LogP contribution >= 0.6 is 0 Å². The van der Waals surface area contributed by atoms with Crippen LogP contribution in [0, 0.1) is 0 Å². The van der Waals surface area contributed by atoms with Crippen LogP contribution in [0.2, 0.25) is 0 Å². The Balaban J connectivity index is 2.29. The summed E-state index contributed by atoms with van der Waals surface area (Å²) < 4.78 is 1.81. The van der Waals surface area contributed by atoms with Gasteiger partial charge in [-0.3, -0.25) is 4.79 Å². The van der Waals surface area contributed by atoms with Crippen molar-refractivity contribution < 1.29 is 4.79 Å². The van der Waals surface area contributed by atoms with E-state index in [9.17, 15) is 4.79 Å². The van der Waals surface area contributed by atoms with Crippen LogP contribution in [0.5, 0.6) is 0 Å². The first kappa shape index (κ1) is 13.5. The van der Waals surface area contributed by atoms with Crippen LogP contribution in [0.3, 0.4) is 0 Å². The number of hydrogen-bond acceptors (Lipinski definition) is 3. The van der Waals surface area contributed by atoms with E-state index >= 15 is 0 Å². The Labute approximate surface area is 113 Å². The van der Waals surface area contributed by atoms with Crippen LogP contribution in [-0.4, -0.2) is 26.4 Å². The number of hydrogen-bond donors (Lipinski definition) is 1. The van der Waals surface area contributed by atoms with Gasteiger partial charge in [0.15, 0.2) is 0 Å². The fourth-order valence-corrected chi connectivity index (χ4v) is 1.81. The second-order valence-electron chi connectivity index (χ2n) is 5.30. The van der Waals surface area contributed by atoms with Gasteiger partial charge in [-0.2, -0.15) is 0 Å². The number of aromatic nitrogens is 3. The van der Waals surface area contributed by atoms with Gasteiger partial charge >= 0.3 is 0 Å². The summed E-state index contributed by atoms with van der Waals surface area (Å²) in [5, 5.41) is 11.1. The van der Waals surface area contributed by atoms with Gasteiger partial charge in [0, 0.05) is 17.6 Å². The molecule has 1 amide bonds. The predicted molar refractivity (Wildman–Crippen MR) is 75.0 cm³/mol. The third-order valence-electron chi connectivity index (χ3n) is 3.41. The molecular weight excluding hydrogens is 240 g/mol. The smallest absolute Gasteiger partial charge is 0.251 e. The van der Waals surface area contributed by atoms with Gasteiger partial charge in [0.05, 0.1) is 5.52 Å². The van der Waals surface area contributed by atoms with Crippen LogP contribution in [0.15, 0.2) is 18.2 Å². The second-order valence-corrected chi connectivity index (χ2v) is 5.30. The molecule has 102 valence electrons. The minimum absolute atomic E-state index is 0.0696. The third kappa shape index (κ3) is 2.75. The number of aryl methyl sites for hydroxylation is 1. The summed E-state index contributed by atoms with van der Waals surface area (Å²) in [4.78, 5) is 12.2. The van der Waals surface area contributed by atoms with Gasteiger partial charge in [-0.25, -0.2) is 4.68 Å². The van der Waals surface area contributed by atoms with E-state index in [1.54, 1.807) is 6.07 Å². The van der Waals surface area contributed by atoms with E-state index in [-0.39, 0.29) is 11.4 Å². The van der Waals surface area contributed by atoms with Gasteiger partial charge in [0.25, 0.3) is 5.91 Å². The van der Waals surface area contributed by atoms with Crippen LogP contribution in [0.25, 0.3) is 11.0 Å². The molecule has 1 aromatic heterocycles. The van der Waals surface area contributed by atoms with E-state index in [0.717, 1.165) is 24.0 Å². The summed E-state index contributed by atoms with van der Waals surface area (Å²) in [6.07, 6.45) is 0.882. The molecule has 0 saturated carbocycles. The van der Waals surface area contributed by atoms with Crippen molar-refractivity contribution in [3.63, 3.8) is 0 Å². The fraction of sp³-hybridized carbons (Fsp3) is 0.500. The molecule has 0 aliphatic carbocycles. The number of benzene rings is 1. The molecule has 2 aromatic rings. The second kappa shape index (κ2) is 4.99. The van der Waals surface area contributed by atoms with Crippen molar-refractivity contribution in [2.75, 3.05) is 0 Å². The van der Waals surface area contributed by atoms with Crippen molar-refractivity contribution in [1.29, 1.82) is 0 Å². The van der Waals surface area contributed by atoms with E-state index in [1.165, 1.54) is 0 Å². The van der Waals surface area contributed by atoms with E-state index in [0.29, 0.717) is 5.56 Å². The van der Waals surface area contributed by atoms with Crippen molar-refractivity contribution >= 4 is 16.9 Å². The number of fused-ring (bicyclic) bond motifs is 1. The molecule has 0 saturated heterocycles. The normalized spacial score (nSPS) is 11.8. The highest BCUT2D eigenvalue weighted by molar-refractivity contribution is 5.97. The Hall–Kier alpha value is -1.91. The molecule has 5 nitrogen and oxygen atoms in total. The Morgan fingerprint density at radius 2 is 2.11 bits per heavy atom. The van der Waals surface area contributed by atoms with Gasteiger partial charge in [-0.15, -0.1) is 5.10 Å². The first-order valence-electron chi connectivity index (χ1n) is 6.62. The van der Waals surface area contributed by atoms with Crippen LogP contribution in [0.1, 0.15) is 44.5 Å². The Morgan fingerprint density at radius 3 is 2.74 bits per heavy atom. The SMILES string of the molecule is CCn1nnc2cc(C(=O)NC(C)(C)CC)ccc21. The fourth-order valence-electron chi connectivity index (χ4n) is 1.81. The first-order valence-corrected chi connectivity index (χ1v) is 6.62.